The Hall–Kier alpha value is -1.06. The molecule has 2 N–H and O–H groups in total. The van der Waals surface area contributed by atoms with Gasteiger partial charge in [0, 0.05) is 12.5 Å². The van der Waals surface area contributed by atoms with Crippen LogP contribution in [0.15, 0.2) is 18.2 Å². The number of rotatable bonds is 3. The predicted octanol–water partition coefficient (Wildman–Crippen LogP) is 2.04. The molecule has 1 heterocycles. The van der Waals surface area contributed by atoms with Gasteiger partial charge in [-0.3, -0.25) is 0 Å². The van der Waals surface area contributed by atoms with E-state index in [4.69, 9.17) is 15.2 Å². The molecule has 1 aliphatic rings. The third kappa shape index (κ3) is 2.06. The molecule has 16 heavy (non-hydrogen) atoms. The van der Waals surface area contributed by atoms with Crippen LogP contribution in [-0.2, 0) is 4.74 Å². The zero-order valence-corrected chi connectivity index (χ0v) is 9.90. The third-order valence-electron chi connectivity index (χ3n) is 3.26. The fourth-order valence-corrected chi connectivity index (χ4v) is 2.32. The van der Waals surface area contributed by atoms with Gasteiger partial charge < -0.3 is 15.2 Å². The summed E-state index contributed by atoms with van der Waals surface area (Å²) in [6.45, 7) is 3.56. The number of benzene rings is 1. The molecule has 2 unspecified atom stereocenters. The van der Waals surface area contributed by atoms with Crippen molar-refractivity contribution in [1.29, 1.82) is 0 Å². The summed E-state index contributed by atoms with van der Waals surface area (Å²) >= 11 is 0. The molecule has 0 bridgehead atoms. The molecule has 0 radical (unpaired) electrons. The van der Waals surface area contributed by atoms with Crippen LogP contribution in [-0.4, -0.2) is 20.3 Å². The summed E-state index contributed by atoms with van der Waals surface area (Å²) in [5.74, 6) is 1.37. The van der Waals surface area contributed by atoms with Crippen molar-refractivity contribution in [2.24, 2.45) is 11.7 Å². The second-order valence-corrected chi connectivity index (χ2v) is 4.30. The first-order chi connectivity index (χ1) is 7.76. The summed E-state index contributed by atoms with van der Waals surface area (Å²) in [4.78, 5) is 0. The Bertz CT molecular complexity index is 365. The van der Waals surface area contributed by atoms with Gasteiger partial charge in [0.15, 0.2) is 0 Å². The van der Waals surface area contributed by atoms with Gasteiger partial charge in [0.05, 0.1) is 13.2 Å². The molecule has 2 rings (SSSR count). The smallest absolute Gasteiger partial charge is 0.121 e. The summed E-state index contributed by atoms with van der Waals surface area (Å²) in [5, 5.41) is 0. The zero-order chi connectivity index (χ0) is 11.5. The van der Waals surface area contributed by atoms with Crippen LogP contribution in [0.5, 0.6) is 5.75 Å². The van der Waals surface area contributed by atoms with Gasteiger partial charge in [-0.1, -0.05) is 6.07 Å². The lowest BCUT2D eigenvalue weighted by molar-refractivity contribution is 0.0924. The van der Waals surface area contributed by atoms with E-state index in [1.165, 1.54) is 5.56 Å². The molecule has 0 aliphatic carbocycles. The highest BCUT2D eigenvalue weighted by Gasteiger charge is 2.28. The second-order valence-electron chi connectivity index (χ2n) is 4.30. The van der Waals surface area contributed by atoms with E-state index in [1.807, 2.05) is 6.07 Å². The van der Waals surface area contributed by atoms with Gasteiger partial charge >= 0.3 is 0 Å². The van der Waals surface area contributed by atoms with E-state index in [0.29, 0.717) is 12.5 Å². The van der Waals surface area contributed by atoms with Gasteiger partial charge in [-0.2, -0.15) is 0 Å². The highest BCUT2D eigenvalue weighted by molar-refractivity contribution is 5.37. The fraction of sp³-hybridized carbons (Fsp3) is 0.538. The highest BCUT2D eigenvalue weighted by Crippen LogP contribution is 2.35. The first kappa shape index (κ1) is 11.4. The summed E-state index contributed by atoms with van der Waals surface area (Å²) in [7, 11) is 1.69. The van der Waals surface area contributed by atoms with Crippen LogP contribution in [0, 0.1) is 12.8 Å². The summed E-state index contributed by atoms with van der Waals surface area (Å²) in [6, 6.07) is 6.21. The van der Waals surface area contributed by atoms with Gasteiger partial charge in [0.1, 0.15) is 5.75 Å². The van der Waals surface area contributed by atoms with Gasteiger partial charge in [-0.15, -0.1) is 0 Å². The Labute approximate surface area is 96.5 Å². The van der Waals surface area contributed by atoms with Crippen molar-refractivity contribution in [3.63, 3.8) is 0 Å². The maximum absolute atomic E-state index is 5.75. The van der Waals surface area contributed by atoms with Crippen molar-refractivity contribution in [1.82, 2.24) is 0 Å². The standard InChI is InChI=1S/C13H19NO2/c1-9-7-10(3-4-12(9)15-2)13-11(8-14)5-6-16-13/h3-4,7,11,13H,5-6,8,14H2,1-2H3. The molecule has 0 saturated carbocycles. The van der Waals surface area contributed by atoms with E-state index >= 15 is 0 Å². The van der Waals surface area contributed by atoms with Crippen LogP contribution in [0.4, 0.5) is 0 Å². The molecule has 1 aromatic rings. The third-order valence-corrected chi connectivity index (χ3v) is 3.26. The van der Waals surface area contributed by atoms with E-state index in [2.05, 4.69) is 19.1 Å². The van der Waals surface area contributed by atoms with Crippen molar-refractivity contribution < 1.29 is 9.47 Å². The van der Waals surface area contributed by atoms with E-state index < -0.39 is 0 Å². The topological polar surface area (TPSA) is 44.5 Å². The monoisotopic (exact) mass is 221 g/mol. The summed E-state index contributed by atoms with van der Waals surface area (Å²) < 4.78 is 11.0. The minimum absolute atomic E-state index is 0.162. The number of methoxy groups -OCH3 is 1. The van der Waals surface area contributed by atoms with Crippen LogP contribution in [0.1, 0.15) is 23.7 Å². The van der Waals surface area contributed by atoms with Crippen molar-refractivity contribution in [2.75, 3.05) is 20.3 Å². The Balaban J connectivity index is 2.23. The minimum atomic E-state index is 0.162. The van der Waals surface area contributed by atoms with E-state index in [9.17, 15) is 0 Å². The molecule has 1 fully saturated rings. The molecule has 2 atom stereocenters. The maximum Gasteiger partial charge on any atom is 0.121 e. The first-order valence-electron chi connectivity index (χ1n) is 5.72. The quantitative estimate of drug-likeness (QED) is 0.849. The molecular weight excluding hydrogens is 202 g/mol. The molecule has 0 amide bonds. The van der Waals surface area contributed by atoms with Crippen LogP contribution < -0.4 is 10.5 Å². The normalized spacial score (nSPS) is 24.7. The molecule has 88 valence electrons. The molecule has 0 spiro atoms. The van der Waals surface area contributed by atoms with Crippen molar-refractivity contribution in [3.05, 3.63) is 29.3 Å². The average molecular weight is 221 g/mol. The fourth-order valence-electron chi connectivity index (χ4n) is 2.32. The second kappa shape index (κ2) is 4.85. The van der Waals surface area contributed by atoms with Gasteiger partial charge in [0.2, 0.25) is 0 Å². The van der Waals surface area contributed by atoms with Crippen LogP contribution >= 0.6 is 0 Å². The molecule has 1 saturated heterocycles. The summed E-state index contributed by atoms with van der Waals surface area (Å²) in [6.07, 6.45) is 1.22. The predicted molar refractivity (Wildman–Crippen MR) is 63.6 cm³/mol. The van der Waals surface area contributed by atoms with Crippen molar-refractivity contribution in [3.8, 4) is 5.75 Å². The SMILES string of the molecule is COc1ccc(C2OCCC2CN)cc1C. The Kier molecular flexibility index (Phi) is 3.46. The molecule has 3 heteroatoms. The highest BCUT2D eigenvalue weighted by atomic mass is 16.5. The van der Waals surface area contributed by atoms with Crippen LogP contribution in [0.3, 0.4) is 0 Å². The van der Waals surface area contributed by atoms with Gasteiger partial charge in [-0.25, -0.2) is 0 Å². The maximum atomic E-state index is 5.75. The van der Waals surface area contributed by atoms with Gasteiger partial charge in [0.25, 0.3) is 0 Å². The number of nitrogens with two attached hydrogens (primary N) is 1. The Morgan fingerprint density at radius 3 is 2.94 bits per heavy atom. The molecular formula is C13H19NO2. The van der Waals surface area contributed by atoms with Crippen LogP contribution in [0.25, 0.3) is 0 Å². The van der Waals surface area contributed by atoms with E-state index in [-0.39, 0.29) is 6.10 Å². The van der Waals surface area contributed by atoms with E-state index in [0.717, 1.165) is 24.3 Å². The van der Waals surface area contributed by atoms with Gasteiger partial charge in [-0.05, 0) is 43.1 Å². The van der Waals surface area contributed by atoms with Crippen molar-refractivity contribution >= 4 is 0 Å². The molecule has 0 aromatic heterocycles. The number of hydrogen-bond donors (Lipinski definition) is 1. The largest absolute Gasteiger partial charge is 0.496 e. The molecule has 1 aromatic carbocycles. The minimum Gasteiger partial charge on any atom is -0.496 e. The lowest BCUT2D eigenvalue weighted by Gasteiger charge is -2.18. The number of aryl methyl sites for hydroxylation is 1. The number of ether oxygens (including phenoxy) is 2. The first-order valence-corrected chi connectivity index (χ1v) is 5.72. The number of hydrogen-bond acceptors (Lipinski definition) is 3. The Morgan fingerprint density at radius 2 is 2.31 bits per heavy atom. The molecule has 1 aliphatic heterocycles. The van der Waals surface area contributed by atoms with E-state index in [1.54, 1.807) is 7.11 Å². The van der Waals surface area contributed by atoms with Crippen molar-refractivity contribution in [2.45, 2.75) is 19.4 Å². The van der Waals surface area contributed by atoms with Crippen LogP contribution in [0.2, 0.25) is 0 Å². The Morgan fingerprint density at radius 1 is 1.50 bits per heavy atom. The molecule has 3 nitrogen and oxygen atoms in total. The summed E-state index contributed by atoms with van der Waals surface area (Å²) in [5.41, 5.74) is 8.11. The average Bonchev–Trinajstić information content (AvgIpc) is 2.77. The lowest BCUT2D eigenvalue weighted by Crippen LogP contribution is -2.17. The zero-order valence-electron chi connectivity index (χ0n) is 9.90. The lowest BCUT2D eigenvalue weighted by atomic mass is 9.94.